The molecule has 2 heteroatoms. The number of aromatic nitrogens is 1. The summed E-state index contributed by atoms with van der Waals surface area (Å²) in [6, 6.07) is 12.0. The van der Waals surface area contributed by atoms with Crippen molar-refractivity contribution >= 4 is 0 Å². The normalized spacial score (nSPS) is 8.65. The van der Waals surface area contributed by atoms with Crippen LogP contribution in [0.1, 0.15) is 51.6 Å². The van der Waals surface area contributed by atoms with Gasteiger partial charge in [0.25, 0.3) is 0 Å². The number of rotatable bonds is 2. The fourth-order valence-electron chi connectivity index (χ4n) is 1.84. The van der Waals surface area contributed by atoms with Crippen LogP contribution in [0.15, 0.2) is 30.3 Å². The van der Waals surface area contributed by atoms with Crippen molar-refractivity contribution in [3.8, 4) is 17.2 Å². The fraction of sp³-hybridized carbons (Fsp3) is 0.389. The van der Waals surface area contributed by atoms with Crippen molar-refractivity contribution in [3.05, 3.63) is 47.3 Å². The molecule has 0 bridgehead atoms. The van der Waals surface area contributed by atoms with Gasteiger partial charge in [0.2, 0.25) is 0 Å². The highest BCUT2D eigenvalue weighted by atomic mass is 14.7. The first kappa shape index (κ1) is 18.0. The molecule has 0 aliphatic carbocycles. The molecule has 0 amide bonds. The van der Waals surface area contributed by atoms with E-state index < -0.39 is 0 Å². The third-order valence-electron chi connectivity index (χ3n) is 2.78. The maximum Gasteiger partial charge on any atom is 0.0991 e. The van der Waals surface area contributed by atoms with E-state index in [4.69, 9.17) is 5.26 Å². The molecule has 0 aliphatic rings. The SMILES string of the molecule is CC.CC.CCc1cc(-c2ccc(C#N)cc2)c(C)[nH]1. The van der Waals surface area contributed by atoms with E-state index in [2.05, 4.69) is 31.0 Å². The van der Waals surface area contributed by atoms with Crippen LogP contribution in [-0.4, -0.2) is 4.98 Å². The molecule has 1 heterocycles. The van der Waals surface area contributed by atoms with Gasteiger partial charge >= 0.3 is 0 Å². The molecule has 0 spiro atoms. The number of aryl methyl sites for hydroxylation is 2. The average Bonchev–Trinajstić information content (AvgIpc) is 2.92. The van der Waals surface area contributed by atoms with Gasteiger partial charge in [0.05, 0.1) is 11.6 Å². The summed E-state index contributed by atoms with van der Waals surface area (Å²) in [6.07, 6.45) is 1.01. The third kappa shape index (κ3) is 4.59. The second kappa shape index (κ2) is 9.86. The van der Waals surface area contributed by atoms with Crippen LogP contribution in [0.2, 0.25) is 0 Å². The lowest BCUT2D eigenvalue weighted by Gasteiger charge is -1.99. The maximum atomic E-state index is 8.74. The van der Waals surface area contributed by atoms with Crippen molar-refractivity contribution in [2.24, 2.45) is 0 Å². The molecule has 2 rings (SSSR count). The molecule has 20 heavy (non-hydrogen) atoms. The molecule has 0 saturated heterocycles. The predicted octanol–water partition coefficient (Wildman–Crippen LogP) is 5.48. The van der Waals surface area contributed by atoms with Gasteiger partial charge in [-0.3, -0.25) is 0 Å². The predicted molar refractivity (Wildman–Crippen MR) is 87.8 cm³/mol. The lowest BCUT2D eigenvalue weighted by Crippen LogP contribution is -1.80. The van der Waals surface area contributed by atoms with E-state index in [1.54, 1.807) is 0 Å². The molecule has 1 aromatic heterocycles. The number of hydrogen-bond acceptors (Lipinski definition) is 1. The van der Waals surface area contributed by atoms with Crippen molar-refractivity contribution in [1.29, 1.82) is 5.26 Å². The third-order valence-corrected chi connectivity index (χ3v) is 2.78. The molecule has 2 nitrogen and oxygen atoms in total. The lowest BCUT2D eigenvalue weighted by atomic mass is 10.0. The van der Waals surface area contributed by atoms with Gasteiger partial charge in [0.15, 0.2) is 0 Å². The Morgan fingerprint density at radius 2 is 1.60 bits per heavy atom. The molecule has 0 atom stereocenters. The minimum absolute atomic E-state index is 0.702. The van der Waals surface area contributed by atoms with Crippen LogP contribution < -0.4 is 0 Å². The maximum absolute atomic E-state index is 8.74. The standard InChI is InChI=1S/C14H14N2.2C2H6/c1-3-13-8-14(10(2)16-13)12-6-4-11(9-15)5-7-12;2*1-2/h4-8,16H,3H2,1-2H3;2*1-2H3. The van der Waals surface area contributed by atoms with Crippen LogP contribution in [-0.2, 0) is 6.42 Å². The summed E-state index contributed by atoms with van der Waals surface area (Å²) in [4.78, 5) is 3.36. The molecule has 0 radical (unpaired) electrons. The van der Waals surface area contributed by atoms with Crippen LogP contribution in [0.4, 0.5) is 0 Å². The van der Waals surface area contributed by atoms with Gasteiger partial charge < -0.3 is 4.98 Å². The smallest absolute Gasteiger partial charge is 0.0991 e. The minimum atomic E-state index is 0.702. The lowest BCUT2D eigenvalue weighted by molar-refractivity contribution is 1.04. The van der Waals surface area contributed by atoms with Crippen LogP contribution in [0, 0.1) is 18.3 Å². The summed E-state index contributed by atoms with van der Waals surface area (Å²) in [5.41, 5.74) is 5.51. The molecule has 0 saturated carbocycles. The van der Waals surface area contributed by atoms with Gasteiger partial charge in [0.1, 0.15) is 0 Å². The monoisotopic (exact) mass is 270 g/mol. The first-order chi connectivity index (χ1) is 9.74. The zero-order valence-electron chi connectivity index (χ0n) is 13.5. The molecule has 1 aromatic carbocycles. The van der Waals surface area contributed by atoms with Gasteiger partial charge in [-0.05, 0) is 37.1 Å². The Hall–Kier alpha value is -2.01. The highest BCUT2D eigenvalue weighted by Crippen LogP contribution is 2.24. The zero-order valence-corrected chi connectivity index (χ0v) is 13.5. The van der Waals surface area contributed by atoms with Crippen LogP contribution in [0.3, 0.4) is 0 Å². The Bertz CT molecular complexity index is 528. The van der Waals surface area contributed by atoms with Gasteiger partial charge in [-0.15, -0.1) is 0 Å². The number of H-pyrrole nitrogens is 1. The molecule has 2 aromatic rings. The Kier molecular flexibility index (Phi) is 8.87. The summed E-state index contributed by atoms with van der Waals surface area (Å²) in [7, 11) is 0. The second-order valence-electron chi connectivity index (χ2n) is 3.88. The number of benzene rings is 1. The van der Waals surface area contributed by atoms with Crippen molar-refractivity contribution in [1.82, 2.24) is 4.98 Å². The quantitative estimate of drug-likeness (QED) is 0.771. The van der Waals surface area contributed by atoms with E-state index in [0.717, 1.165) is 12.0 Å². The molecule has 1 N–H and O–H groups in total. The summed E-state index contributed by atoms with van der Waals surface area (Å²) >= 11 is 0. The summed E-state index contributed by atoms with van der Waals surface area (Å²) in [6.45, 7) is 12.2. The highest BCUT2D eigenvalue weighted by Gasteiger charge is 2.05. The minimum Gasteiger partial charge on any atom is -0.362 e. The van der Waals surface area contributed by atoms with E-state index in [1.807, 2.05) is 52.0 Å². The van der Waals surface area contributed by atoms with E-state index in [-0.39, 0.29) is 0 Å². The Balaban J connectivity index is 0.000000829. The molecule has 108 valence electrons. The number of nitriles is 1. The van der Waals surface area contributed by atoms with Crippen molar-refractivity contribution in [2.75, 3.05) is 0 Å². The van der Waals surface area contributed by atoms with E-state index in [9.17, 15) is 0 Å². The topological polar surface area (TPSA) is 39.6 Å². The van der Waals surface area contributed by atoms with E-state index in [0.29, 0.717) is 5.56 Å². The number of hydrogen-bond donors (Lipinski definition) is 1. The van der Waals surface area contributed by atoms with Crippen LogP contribution >= 0.6 is 0 Å². The summed E-state index contributed by atoms with van der Waals surface area (Å²) in [5, 5.41) is 8.74. The molecular weight excluding hydrogens is 244 g/mol. The van der Waals surface area contributed by atoms with Crippen molar-refractivity contribution in [2.45, 2.75) is 48.0 Å². The van der Waals surface area contributed by atoms with Crippen molar-refractivity contribution in [3.63, 3.8) is 0 Å². The summed E-state index contributed by atoms with van der Waals surface area (Å²) in [5.74, 6) is 0. The Labute approximate surface area is 123 Å². The van der Waals surface area contributed by atoms with E-state index >= 15 is 0 Å². The second-order valence-corrected chi connectivity index (χ2v) is 3.88. The van der Waals surface area contributed by atoms with Gasteiger partial charge in [0, 0.05) is 17.0 Å². The molecule has 0 fully saturated rings. The van der Waals surface area contributed by atoms with E-state index in [1.165, 1.54) is 17.0 Å². The highest BCUT2D eigenvalue weighted by molar-refractivity contribution is 5.67. The molecule has 0 aliphatic heterocycles. The first-order valence-corrected chi connectivity index (χ1v) is 7.43. The summed E-state index contributed by atoms with van der Waals surface area (Å²) < 4.78 is 0. The van der Waals surface area contributed by atoms with Gasteiger partial charge in [-0.1, -0.05) is 46.8 Å². The first-order valence-electron chi connectivity index (χ1n) is 7.43. The largest absolute Gasteiger partial charge is 0.362 e. The van der Waals surface area contributed by atoms with Crippen LogP contribution in [0.5, 0.6) is 0 Å². The van der Waals surface area contributed by atoms with Gasteiger partial charge in [-0.2, -0.15) is 5.26 Å². The Morgan fingerprint density at radius 1 is 1.05 bits per heavy atom. The van der Waals surface area contributed by atoms with Crippen LogP contribution in [0.25, 0.3) is 11.1 Å². The average molecular weight is 270 g/mol. The van der Waals surface area contributed by atoms with Gasteiger partial charge in [-0.25, -0.2) is 0 Å². The fourth-order valence-corrected chi connectivity index (χ4v) is 1.84. The Morgan fingerprint density at radius 3 is 2.00 bits per heavy atom. The number of aromatic amines is 1. The molecular formula is C18H26N2. The number of nitrogens with zero attached hydrogens (tertiary/aromatic N) is 1. The number of nitrogens with one attached hydrogen (secondary N) is 1. The molecule has 0 unspecified atom stereocenters. The zero-order chi connectivity index (χ0) is 15.5. The van der Waals surface area contributed by atoms with Crippen molar-refractivity contribution < 1.29 is 0 Å².